The maximum absolute atomic E-state index is 6.91. The first-order chi connectivity index (χ1) is 27.8. The summed E-state index contributed by atoms with van der Waals surface area (Å²) in [5.74, 6) is 0. The fourth-order valence-electron chi connectivity index (χ4n) is 8.64. The highest BCUT2D eigenvalue weighted by Gasteiger charge is 2.21. The van der Waals surface area contributed by atoms with Crippen molar-refractivity contribution in [3.63, 3.8) is 0 Å². The molecule has 0 fully saturated rings. The molecule has 262 valence electrons. The van der Waals surface area contributed by atoms with Gasteiger partial charge in [0.15, 0.2) is 5.58 Å². The van der Waals surface area contributed by atoms with Gasteiger partial charge in [0.1, 0.15) is 16.7 Å². The zero-order valence-corrected chi connectivity index (χ0v) is 30.9. The Morgan fingerprint density at radius 3 is 1.75 bits per heavy atom. The molecule has 0 saturated heterocycles. The summed E-state index contributed by atoms with van der Waals surface area (Å²) in [5, 5.41) is 9.35. The Hall–Kier alpha value is -7.14. The molecule has 0 N–H and O–H groups in total. The zero-order chi connectivity index (χ0) is 36.7. The maximum atomic E-state index is 6.91. The Kier molecular flexibility index (Phi) is 6.80. The van der Waals surface area contributed by atoms with Crippen LogP contribution >= 0.6 is 11.3 Å². The van der Waals surface area contributed by atoms with Crippen LogP contribution in [0.2, 0.25) is 0 Å². The van der Waals surface area contributed by atoms with E-state index < -0.39 is 0 Å². The van der Waals surface area contributed by atoms with Gasteiger partial charge in [-0.2, -0.15) is 0 Å². The Labute approximate surface area is 325 Å². The van der Waals surface area contributed by atoms with Crippen molar-refractivity contribution in [2.45, 2.75) is 0 Å². The number of furan rings is 2. The fourth-order valence-corrected chi connectivity index (χ4v) is 9.88. The van der Waals surface area contributed by atoms with Crippen molar-refractivity contribution < 1.29 is 8.83 Å². The fraction of sp³-hybridized carbons (Fsp3) is 0. The third kappa shape index (κ3) is 4.70. The summed E-state index contributed by atoms with van der Waals surface area (Å²) in [5.41, 5.74) is 11.2. The van der Waals surface area contributed by atoms with Crippen molar-refractivity contribution >= 4 is 103 Å². The molecule has 3 aromatic heterocycles. The number of anilines is 3. The molecule has 12 aromatic rings. The molecule has 0 saturated carbocycles. The molecule has 3 heterocycles. The van der Waals surface area contributed by atoms with Gasteiger partial charge in [-0.3, -0.25) is 0 Å². The Morgan fingerprint density at radius 1 is 0.357 bits per heavy atom. The van der Waals surface area contributed by atoms with Gasteiger partial charge in [0, 0.05) is 64.0 Å². The van der Waals surface area contributed by atoms with E-state index >= 15 is 0 Å². The first-order valence-corrected chi connectivity index (χ1v) is 19.7. The predicted molar refractivity (Wildman–Crippen MR) is 237 cm³/mol. The lowest BCUT2D eigenvalue weighted by Gasteiger charge is -2.26. The van der Waals surface area contributed by atoms with Crippen LogP contribution < -0.4 is 4.90 Å². The van der Waals surface area contributed by atoms with E-state index in [1.807, 2.05) is 23.5 Å². The molecule has 9 aromatic carbocycles. The van der Waals surface area contributed by atoms with Crippen molar-refractivity contribution in [2.24, 2.45) is 0 Å². The average Bonchev–Trinajstić information content (AvgIpc) is 3.96. The molecule has 0 aliphatic heterocycles. The van der Waals surface area contributed by atoms with Gasteiger partial charge in [0.05, 0.1) is 5.69 Å². The molecule has 0 amide bonds. The van der Waals surface area contributed by atoms with E-state index in [4.69, 9.17) is 8.83 Å². The lowest BCUT2D eigenvalue weighted by atomic mass is 10.0. The van der Waals surface area contributed by atoms with Gasteiger partial charge in [-0.1, -0.05) is 140 Å². The van der Waals surface area contributed by atoms with E-state index in [1.54, 1.807) is 0 Å². The number of nitrogens with zero attached hydrogens (tertiary/aromatic N) is 1. The minimum Gasteiger partial charge on any atom is -0.455 e. The van der Waals surface area contributed by atoms with Crippen molar-refractivity contribution in [1.82, 2.24) is 0 Å². The standard InChI is InChI=1S/C52H31NO2S/c1-2-11-37-32(10-1)26-31-44-43-17-9-19-46(51(43)55-50(37)44)53(35-27-22-33(23-28-35)38-14-7-16-42-40-12-3-5-20-47(40)54-49(38)42)36-29-24-34(25-30-36)39-15-8-18-45-41-13-4-6-21-48(41)56-52(39)45/h1-31H. The molecule has 0 aliphatic rings. The van der Waals surface area contributed by atoms with Crippen LogP contribution in [0.3, 0.4) is 0 Å². The van der Waals surface area contributed by atoms with E-state index in [0.29, 0.717) is 0 Å². The summed E-state index contributed by atoms with van der Waals surface area (Å²) >= 11 is 1.86. The highest BCUT2D eigenvalue weighted by atomic mass is 32.1. The zero-order valence-electron chi connectivity index (χ0n) is 30.1. The van der Waals surface area contributed by atoms with E-state index in [-0.39, 0.29) is 0 Å². The minimum atomic E-state index is 0.856. The van der Waals surface area contributed by atoms with Gasteiger partial charge in [-0.15, -0.1) is 11.3 Å². The predicted octanol–water partition coefficient (Wildman–Crippen LogP) is 15.8. The quantitative estimate of drug-likeness (QED) is 0.176. The maximum Gasteiger partial charge on any atom is 0.159 e. The van der Waals surface area contributed by atoms with Crippen molar-refractivity contribution in [3.05, 3.63) is 188 Å². The molecule has 0 unspecified atom stereocenters. The lowest BCUT2D eigenvalue weighted by Crippen LogP contribution is -2.10. The second-order valence-corrected chi connectivity index (χ2v) is 15.5. The van der Waals surface area contributed by atoms with Crippen LogP contribution in [0.5, 0.6) is 0 Å². The van der Waals surface area contributed by atoms with Crippen LogP contribution in [0.15, 0.2) is 197 Å². The van der Waals surface area contributed by atoms with E-state index in [9.17, 15) is 0 Å². The van der Waals surface area contributed by atoms with Gasteiger partial charge >= 0.3 is 0 Å². The summed E-state index contributed by atoms with van der Waals surface area (Å²) in [7, 11) is 0. The van der Waals surface area contributed by atoms with Crippen LogP contribution in [0.1, 0.15) is 0 Å². The largest absolute Gasteiger partial charge is 0.455 e. The van der Waals surface area contributed by atoms with Gasteiger partial charge < -0.3 is 13.7 Å². The van der Waals surface area contributed by atoms with Crippen molar-refractivity contribution in [1.29, 1.82) is 0 Å². The summed E-state index contributed by atoms with van der Waals surface area (Å²) in [6.45, 7) is 0. The molecular weight excluding hydrogens is 703 g/mol. The van der Waals surface area contributed by atoms with Gasteiger partial charge in [-0.05, 0) is 70.6 Å². The molecule has 56 heavy (non-hydrogen) atoms. The highest BCUT2D eigenvalue weighted by Crippen LogP contribution is 2.46. The Morgan fingerprint density at radius 2 is 0.946 bits per heavy atom. The van der Waals surface area contributed by atoms with E-state index in [2.05, 4.69) is 181 Å². The van der Waals surface area contributed by atoms with Gasteiger partial charge in [-0.25, -0.2) is 0 Å². The van der Waals surface area contributed by atoms with Crippen LogP contribution in [0, 0.1) is 0 Å². The first-order valence-electron chi connectivity index (χ1n) is 18.9. The Balaban J connectivity index is 1.03. The SMILES string of the molecule is c1ccc2c(c1)ccc1c3cccc(N(c4ccc(-c5cccc6c5oc5ccccc56)cc4)c4ccc(-c5cccc6c5sc5ccccc56)cc4)c3oc21. The molecule has 3 nitrogen and oxygen atoms in total. The van der Waals surface area contributed by atoms with Gasteiger partial charge in [0.2, 0.25) is 0 Å². The number of hydrogen-bond donors (Lipinski definition) is 0. The molecule has 0 aliphatic carbocycles. The average molecular weight is 734 g/mol. The van der Waals surface area contributed by atoms with Crippen LogP contribution in [-0.4, -0.2) is 0 Å². The lowest BCUT2D eigenvalue weighted by molar-refractivity contribution is 0.670. The summed E-state index contributed by atoms with van der Waals surface area (Å²) < 4.78 is 16.0. The number of fused-ring (bicyclic) bond motifs is 11. The molecule has 4 heteroatoms. The van der Waals surface area contributed by atoms with Crippen LogP contribution in [0.4, 0.5) is 17.1 Å². The topological polar surface area (TPSA) is 29.5 Å². The molecule has 0 bridgehead atoms. The number of rotatable bonds is 5. The number of para-hydroxylation sites is 3. The molecule has 0 atom stereocenters. The number of benzene rings is 9. The minimum absolute atomic E-state index is 0.856. The monoisotopic (exact) mass is 733 g/mol. The first kappa shape index (κ1) is 31.2. The molecule has 12 rings (SSSR count). The highest BCUT2D eigenvalue weighted by molar-refractivity contribution is 7.26. The summed E-state index contributed by atoms with van der Waals surface area (Å²) in [6.07, 6.45) is 0. The third-order valence-electron chi connectivity index (χ3n) is 11.3. The van der Waals surface area contributed by atoms with Gasteiger partial charge in [0.25, 0.3) is 0 Å². The van der Waals surface area contributed by atoms with Crippen LogP contribution in [-0.2, 0) is 0 Å². The van der Waals surface area contributed by atoms with E-state index in [0.717, 1.165) is 82.8 Å². The number of hydrogen-bond acceptors (Lipinski definition) is 4. The second-order valence-electron chi connectivity index (χ2n) is 14.4. The third-order valence-corrected chi connectivity index (χ3v) is 12.5. The smallest absolute Gasteiger partial charge is 0.159 e. The van der Waals surface area contributed by atoms with E-state index in [1.165, 1.54) is 31.3 Å². The number of thiophene rings is 1. The Bertz CT molecular complexity index is 3320. The summed E-state index contributed by atoms with van der Waals surface area (Å²) in [4.78, 5) is 2.32. The van der Waals surface area contributed by atoms with Crippen molar-refractivity contribution in [3.8, 4) is 22.3 Å². The van der Waals surface area contributed by atoms with Crippen LogP contribution in [0.25, 0.3) is 97.1 Å². The second kappa shape index (κ2) is 12.2. The molecule has 0 spiro atoms. The molecule has 0 radical (unpaired) electrons. The normalized spacial score (nSPS) is 11.9. The molecular formula is C52H31NO2S. The summed E-state index contributed by atoms with van der Waals surface area (Å²) in [6, 6.07) is 67.1. The van der Waals surface area contributed by atoms with Crippen molar-refractivity contribution in [2.75, 3.05) is 4.90 Å².